The number of benzene rings is 2. The number of hydrogen-bond donors (Lipinski definition) is 1. The van der Waals surface area contributed by atoms with E-state index >= 15 is 0 Å². The lowest BCUT2D eigenvalue weighted by molar-refractivity contribution is -0.118. The molecule has 2 aromatic carbocycles. The van der Waals surface area contributed by atoms with Gasteiger partial charge in [-0.3, -0.25) is 4.79 Å². The van der Waals surface area contributed by atoms with E-state index in [0.29, 0.717) is 23.7 Å². The summed E-state index contributed by atoms with van der Waals surface area (Å²) in [5.41, 5.74) is 3.71. The third-order valence-electron chi connectivity index (χ3n) is 4.25. The first kappa shape index (κ1) is 19.0. The molecule has 0 saturated heterocycles. The van der Waals surface area contributed by atoms with Crippen molar-refractivity contribution >= 4 is 17.7 Å². The summed E-state index contributed by atoms with van der Waals surface area (Å²) in [6.07, 6.45) is 0.448. The Morgan fingerprint density at radius 1 is 1.19 bits per heavy atom. The Morgan fingerprint density at radius 3 is 2.81 bits per heavy atom. The Bertz CT molecular complexity index is 943. The topological polar surface area (TPSA) is 72.7 Å². The zero-order chi connectivity index (χ0) is 19.2. The highest BCUT2D eigenvalue weighted by atomic mass is 32.2. The highest BCUT2D eigenvalue weighted by molar-refractivity contribution is 7.99. The van der Waals surface area contributed by atoms with Crippen LogP contribution in [0.15, 0.2) is 47.6 Å². The standard InChI is InChI=1S/C19H20FN5OS/c1-13-6-5-9-17(14(13)2)25-19(22-23-24-25)27-12-18(26)21-11-10-15-7-3-4-8-16(15)20/h3-9H,10-12H2,1-2H3,(H,21,26). The summed E-state index contributed by atoms with van der Waals surface area (Å²) in [7, 11) is 0. The van der Waals surface area contributed by atoms with Gasteiger partial charge in [0.15, 0.2) is 0 Å². The third-order valence-corrected chi connectivity index (χ3v) is 5.17. The van der Waals surface area contributed by atoms with Gasteiger partial charge in [0.25, 0.3) is 0 Å². The summed E-state index contributed by atoms with van der Waals surface area (Å²) in [4.78, 5) is 12.1. The van der Waals surface area contributed by atoms with Crippen molar-refractivity contribution in [3.05, 3.63) is 65.0 Å². The summed E-state index contributed by atoms with van der Waals surface area (Å²) in [6, 6.07) is 12.5. The molecule has 0 saturated carbocycles. The van der Waals surface area contributed by atoms with Crippen molar-refractivity contribution in [2.45, 2.75) is 25.4 Å². The van der Waals surface area contributed by atoms with Gasteiger partial charge in [0.2, 0.25) is 11.1 Å². The maximum atomic E-state index is 13.6. The van der Waals surface area contributed by atoms with Gasteiger partial charge >= 0.3 is 0 Å². The van der Waals surface area contributed by atoms with Crippen LogP contribution in [0.4, 0.5) is 4.39 Å². The lowest BCUT2D eigenvalue weighted by Crippen LogP contribution is -2.27. The molecule has 0 spiro atoms. The van der Waals surface area contributed by atoms with Crippen molar-refractivity contribution in [2.24, 2.45) is 0 Å². The fourth-order valence-corrected chi connectivity index (χ4v) is 3.32. The summed E-state index contributed by atoms with van der Waals surface area (Å²) >= 11 is 1.26. The lowest BCUT2D eigenvalue weighted by atomic mass is 10.1. The van der Waals surface area contributed by atoms with E-state index in [4.69, 9.17) is 0 Å². The highest BCUT2D eigenvalue weighted by Crippen LogP contribution is 2.22. The van der Waals surface area contributed by atoms with Gasteiger partial charge in [0, 0.05) is 6.54 Å². The number of hydrogen-bond acceptors (Lipinski definition) is 5. The second-order valence-corrected chi connectivity index (χ2v) is 7.01. The number of amides is 1. The first-order chi connectivity index (χ1) is 13.1. The maximum absolute atomic E-state index is 13.6. The molecule has 27 heavy (non-hydrogen) atoms. The van der Waals surface area contributed by atoms with Gasteiger partial charge in [-0.05, 0) is 59.5 Å². The second kappa shape index (κ2) is 8.77. The van der Waals surface area contributed by atoms with Gasteiger partial charge in [-0.2, -0.15) is 4.68 Å². The van der Waals surface area contributed by atoms with Gasteiger partial charge in [-0.25, -0.2) is 4.39 Å². The van der Waals surface area contributed by atoms with Crippen molar-refractivity contribution in [3.63, 3.8) is 0 Å². The Kier molecular flexibility index (Phi) is 6.18. The van der Waals surface area contributed by atoms with Crippen LogP contribution >= 0.6 is 11.8 Å². The normalized spacial score (nSPS) is 10.8. The Balaban J connectivity index is 1.55. The second-order valence-electron chi connectivity index (χ2n) is 6.07. The maximum Gasteiger partial charge on any atom is 0.230 e. The molecule has 3 aromatic rings. The number of halogens is 1. The fourth-order valence-electron chi connectivity index (χ4n) is 2.60. The van der Waals surface area contributed by atoms with Crippen molar-refractivity contribution < 1.29 is 9.18 Å². The molecule has 0 unspecified atom stereocenters. The van der Waals surface area contributed by atoms with Crippen LogP contribution in [0.5, 0.6) is 0 Å². The summed E-state index contributed by atoms with van der Waals surface area (Å²) in [5.74, 6) is -0.219. The molecule has 8 heteroatoms. The molecular weight excluding hydrogens is 365 g/mol. The zero-order valence-corrected chi connectivity index (χ0v) is 16.0. The molecule has 1 heterocycles. The summed E-state index contributed by atoms with van der Waals surface area (Å²) in [5, 5.41) is 15.1. The number of aromatic nitrogens is 4. The fraction of sp³-hybridized carbons (Fsp3) is 0.263. The van der Waals surface area contributed by atoms with Crippen LogP contribution in [-0.4, -0.2) is 38.4 Å². The van der Waals surface area contributed by atoms with Crippen molar-refractivity contribution in [1.82, 2.24) is 25.5 Å². The molecule has 0 radical (unpaired) electrons. The number of aryl methyl sites for hydroxylation is 1. The Labute approximate surface area is 161 Å². The van der Waals surface area contributed by atoms with Crippen LogP contribution in [0.25, 0.3) is 5.69 Å². The minimum atomic E-state index is -0.256. The Morgan fingerprint density at radius 2 is 2.00 bits per heavy atom. The number of carbonyl (C=O) groups is 1. The monoisotopic (exact) mass is 385 g/mol. The van der Waals surface area contributed by atoms with Gasteiger partial charge in [0.1, 0.15) is 5.82 Å². The average molecular weight is 385 g/mol. The molecule has 1 N–H and O–H groups in total. The van der Waals surface area contributed by atoms with E-state index in [9.17, 15) is 9.18 Å². The van der Waals surface area contributed by atoms with Crippen LogP contribution in [0.3, 0.4) is 0 Å². The number of thioether (sulfide) groups is 1. The van der Waals surface area contributed by atoms with E-state index in [-0.39, 0.29) is 17.5 Å². The molecular formula is C19H20FN5OS. The number of nitrogens with one attached hydrogen (secondary N) is 1. The van der Waals surface area contributed by atoms with Gasteiger partial charge in [-0.15, -0.1) is 5.10 Å². The van der Waals surface area contributed by atoms with Crippen molar-refractivity contribution in [1.29, 1.82) is 0 Å². The summed E-state index contributed by atoms with van der Waals surface area (Å²) < 4.78 is 15.2. The van der Waals surface area contributed by atoms with Gasteiger partial charge in [0.05, 0.1) is 11.4 Å². The minimum Gasteiger partial charge on any atom is -0.355 e. The van der Waals surface area contributed by atoms with Gasteiger partial charge in [-0.1, -0.05) is 42.1 Å². The van der Waals surface area contributed by atoms with E-state index in [1.54, 1.807) is 22.9 Å². The average Bonchev–Trinajstić information content (AvgIpc) is 3.12. The molecule has 0 atom stereocenters. The molecule has 0 aliphatic rings. The van der Waals surface area contributed by atoms with E-state index in [2.05, 4.69) is 20.8 Å². The van der Waals surface area contributed by atoms with E-state index in [1.807, 2.05) is 32.0 Å². The quantitative estimate of drug-likeness (QED) is 0.633. The number of nitrogens with zero attached hydrogens (tertiary/aromatic N) is 4. The smallest absolute Gasteiger partial charge is 0.230 e. The molecule has 0 aliphatic heterocycles. The number of rotatable bonds is 7. The summed E-state index contributed by atoms with van der Waals surface area (Å²) in [6.45, 7) is 4.41. The first-order valence-corrected chi connectivity index (χ1v) is 9.52. The van der Waals surface area contributed by atoms with E-state index < -0.39 is 0 Å². The van der Waals surface area contributed by atoms with Crippen LogP contribution in [-0.2, 0) is 11.2 Å². The number of carbonyl (C=O) groups excluding carboxylic acids is 1. The van der Waals surface area contributed by atoms with Crippen LogP contribution < -0.4 is 5.32 Å². The molecule has 3 rings (SSSR count). The molecule has 6 nitrogen and oxygen atoms in total. The predicted molar refractivity (Wildman–Crippen MR) is 102 cm³/mol. The van der Waals surface area contributed by atoms with Crippen LogP contribution in [0, 0.1) is 19.7 Å². The third kappa shape index (κ3) is 4.71. The molecule has 140 valence electrons. The molecule has 0 aliphatic carbocycles. The highest BCUT2D eigenvalue weighted by Gasteiger charge is 2.13. The van der Waals surface area contributed by atoms with Crippen LogP contribution in [0.2, 0.25) is 0 Å². The van der Waals surface area contributed by atoms with Crippen molar-refractivity contribution in [3.8, 4) is 5.69 Å². The zero-order valence-electron chi connectivity index (χ0n) is 15.1. The SMILES string of the molecule is Cc1cccc(-n2nnnc2SCC(=O)NCCc2ccccc2F)c1C. The first-order valence-electron chi connectivity index (χ1n) is 8.54. The largest absolute Gasteiger partial charge is 0.355 e. The molecule has 0 bridgehead atoms. The van der Waals surface area contributed by atoms with E-state index in [0.717, 1.165) is 16.8 Å². The predicted octanol–water partition coefficient (Wildman–Crippen LogP) is 2.87. The molecule has 1 amide bonds. The minimum absolute atomic E-state index is 0.146. The van der Waals surface area contributed by atoms with Crippen molar-refractivity contribution in [2.75, 3.05) is 12.3 Å². The Hall–Kier alpha value is -2.74. The lowest BCUT2D eigenvalue weighted by Gasteiger charge is -2.09. The number of tetrazole rings is 1. The van der Waals surface area contributed by atoms with Gasteiger partial charge < -0.3 is 5.32 Å². The van der Waals surface area contributed by atoms with E-state index in [1.165, 1.54) is 17.8 Å². The molecule has 0 fully saturated rings. The van der Waals surface area contributed by atoms with Crippen LogP contribution in [0.1, 0.15) is 16.7 Å². The molecule has 1 aromatic heterocycles.